The van der Waals surface area contributed by atoms with Gasteiger partial charge in [0, 0.05) is 44.5 Å². The van der Waals surface area contributed by atoms with E-state index in [2.05, 4.69) is 5.32 Å². The molecule has 0 atom stereocenters. The SMILES string of the molecule is CCC(=O)N(Cc1cc(NC(=O)c2ccco2)ccc1N(C)C)C1CCCCC1. The first-order chi connectivity index (χ1) is 14.0. The molecule has 0 aliphatic heterocycles. The van der Waals surface area contributed by atoms with Gasteiger partial charge in [-0.05, 0) is 48.7 Å². The van der Waals surface area contributed by atoms with Crippen molar-refractivity contribution < 1.29 is 14.0 Å². The minimum Gasteiger partial charge on any atom is -0.459 e. The monoisotopic (exact) mass is 397 g/mol. The van der Waals surface area contributed by atoms with E-state index in [1.165, 1.54) is 25.5 Å². The van der Waals surface area contributed by atoms with Crippen molar-refractivity contribution in [2.24, 2.45) is 0 Å². The molecule has 6 nitrogen and oxygen atoms in total. The number of nitrogens with zero attached hydrogens (tertiary/aromatic N) is 2. The van der Waals surface area contributed by atoms with Gasteiger partial charge in [-0.1, -0.05) is 26.2 Å². The highest BCUT2D eigenvalue weighted by molar-refractivity contribution is 6.02. The smallest absolute Gasteiger partial charge is 0.291 e. The molecule has 0 spiro atoms. The lowest BCUT2D eigenvalue weighted by Gasteiger charge is -2.35. The summed E-state index contributed by atoms with van der Waals surface area (Å²) in [6.45, 7) is 2.47. The third kappa shape index (κ3) is 5.19. The van der Waals surface area contributed by atoms with Crippen molar-refractivity contribution in [3.63, 3.8) is 0 Å². The maximum atomic E-state index is 12.7. The topological polar surface area (TPSA) is 65.8 Å². The largest absolute Gasteiger partial charge is 0.459 e. The van der Waals surface area contributed by atoms with Crippen LogP contribution in [-0.2, 0) is 11.3 Å². The summed E-state index contributed by atoms with van der Waals surface area (Å²) in [5.74, 6) is 0.173. The molecule has 0 saturated heterocycles. The fourth-order valence-corrected chi connectivity index (χ4v) is 4.03. The summed E-state index contributed by atoms with van der Waals surface area (Å²) >= 11 is 0. The predicted octanol–water partition coefficient (Wildman–Crippen LogP) is 4.67. The Morgan fingerprint density at radius 3 is 2.52 bits per heavy atom. The van der Waals surface area contributed by atoms with Gasteiger partial charge in [-0.2, -0.15) is 0 Å². The Morgan fingerprint density at radius 2 is 1.90 bits per heavy atom. The molecular formula is C23H31N3O3. The molecule has 0 bridgehead atoms. The van der Waals surface area contributed by atoms with Gasteiger partial charge in [0.2, 0.25) is 5.91 Å². The summed E-state index contributed by atoms with van der Waals surface area (Å²) in [5.41, 5.74) is 2.77. The molecular weight excluding hydrogens is 366 g/mol. The minimum atomic E-state index is -0.285. The Bertz CT molecular complexity index is 824. The van der Waals surface area contributed by atoms with E-state index in [9.17, 15) is 9.59 Å². The molecule has 1 saturated carbocycles. The second-order valence-electron chi connectivity index (χ2n) is 7.84. The van der Waals surface area contributed by atoms with Gasteiger partial charge in [0.05, 0.1) is 6.26 Å². The summed E-state index contributed by atoms with van der Waals surface area (Å²) in [5, 5.41) is 2.89. The molecule has 6 heteroatoms. The normalized spacial score (nSPS) is 14.4. The number of anilines is 2. The molecule has 2 aromatic rings. The van der Waals surface area contributed by atoms with Crippen LogP contribution in [0.2, 0.25) is 0 Å². The van der Waals surface area contributed by atoms with Crippen LogP contribution in [-0.4, -0.2) is 36.9 Å². The van der Waals surface area contributed by atoms with Crippen molar-refractivity contribution in [3.8, 4) is 0 Å². The van der Waals surface area contributed by atoms with Crippen LogP contribution in [0, 0.1) is 0 Å². The summed E-state index contributed by atoms with van der Waals surface area (Å²) in [7, 11) is 3.99. The van der Waals surface area contributed by atoms with Gasteiger partial charge in [-0.3, -0.25) is 9.59 Å². The zero-order valence-electron chi connectivity index (χ0n) is 17.6. The van der Waals surface area contributed by atoms with Crippen molar-refractivity contribution in [1.29, 1.82) is 0 Å². The Balaban J connectivity index is 1.85. The van der Waals surface area contributed by atoms with Gasteiger partial charge in [0.25, 0.3) is 5.91 Å². The van der Waals surface area contributed by atoms with Crippen LogP contribution in [0.5, 0.6) is 0 Å². The number of hydrogen-bond acceptors (Lipinski definition) is 4. The molecule has 1 aromatic heterocycles. The number of rotatable bonds is 7. The number of nitrogens with one attached hydrogen (secondary N) is 1. The van der Waals surface area contributed by atoms with Crippen molar-refractivity contribution in [2.45, 2.75) is 58.0 Å². The van der Waals surface area contributed by atoms with E-state index in [0.29, 0.717) is 24.7 Å². The van der Waals surface area contributed by atoms with Gasteiger partial charge >= 0.3 is 0 Å². The average molecular weight is 398 g/mol. The third-order valence-electron chi connectivity index (χ3n) is 5.54. The maximum Gasteiger partial charge on any atom is 0.291 e. The molecule has 0 unspecified atom stereocenters. The number of carbonyl (C=O) groups excluding carboxylic acids is 2. The summed E-state index contributed by atoms with van der Waals surface area (Å²) < 4.78 is 5.18. The summed E-state index contributed by atoms with van der Waals surface area (Å²) in [6.07, 6.45) is 7.73. The second-order valence-corrected chi connectivity index (χ2v) is 7.84. The first kappa shape index (κ1) is 21.0. The fraction of sp³-hybridized carbons (Fsp3) is 0.478. The van der Waals surface area contributed by atoms with Gasteiger partial charge < -0.3 is 19.5 Å². The molecule has 1 heterocycles. The molecule has 1 aliphatic carbocycles. The molecule has 1 aromatic carbocycles. The van der Waals surface area contributed by atoms with Gasteiger partial charge in [-0.25, -0.2) is 0 Å². The zero-order chi connectivity index (χ0) is 20.8. The quantitative estimate of drug-likeness (QED) is 0.737. The lowest BCUT2D eigenvalue weighted by molar-refractivity contribution is -0.134. The molecule has 29 heavy (non-hydrogen) atoms. The standard InChI is InChI=1S/C23H31N3O3/c1-4-22(27)26(19-9-6-5-7-10-19)16-17-15-18(12-13-20(17)25(2)3)24-23(28)21-11-8-14-29-21/h8,11-15,19H,4-7,9-10,16H2,1-3H3,(H,24,28). The zero-order valence-corrected chi connectivity index (χ0v) is 17.6. The molecule has 1 fully saturated rings. The first-order valence-electron chi connectivity index (χ1n) is 10.4. The minimum absolute atomic E-state index is 0.187. The number of benzene rings is 1. The molecule has 0 radical (unpaired) electrons. The van der Waals surface area contributed by atoms with Crippen molar-refractivity contribution in [3.05, 3.63) is 47.9 Å². The highest BCUT2D eigenvalue weighted by Crippen LogP contribution is 2.29. The van der Waals surface area contributed by atoms with Crippen LogP contribution >= 0.6 is 0 Å². The van der Waals surface area contributed by atoms with Gasteiger partial charge in [0.1, 0.15) is 0 Å². The fourth-order valence-electron chi connectivity index (χ4n) is 4.03. The van der Waals surface area contributed by atoms with Gasteiger partial charge in [0.15, 0.2) is 5.76 Å². The van der Waals surface area contributed by atoms with E-state index >= 15 is 0 Å². The van der Waals surface area contributed by atoms with E-state index in [1.807, 2.05) is 49.0 Å². The predicted molar refractivity (Wildman–Crippen MR) is 115 cm³/mol. The molecule has 1 N–H and O–H groups in total. The Morgan fingerprint density at radius 1 is 1.14 bits per heavy atom. The van der Waals surface area contributed by atoms with E-state index < -0.39 is 0 Å². The summed E-state index contributed by atoms with van der Waals surface area (Å²) in [6, 6.07) is 9.46. The van der Waals surface area contributed by atoms with E-state index in [4.69, 9.17) is 4.42 Å². The molecule has 3 rings (SSSR count). The van der Waals surface area contributed by atoms with Crippen molar-refractivity contribution in [2.75, 3.05) is 24.3 Å². The van der Waals surface area contributed by atoms with Crippen LogP contribution in [0.3, 0.4) is 0 Å². The molecule has 2 amide bonds. The van der Waals surface area contributed by atoms with Crippen molar-refractivity contribution >= 4 is 23.2 Å². The van der Waals surface area contributed by atoms with E-state index in [-0.39, 0.29) is 17.6 Å². The third-order valence-corrected chi connectivity index (χ3v) is 5.54. The Kier molecular flexibility index (Phi) is 6.96. The number of hydrogen-bond donors (Lipinski definition) is 1. The second kappa shape index (κ2) is 9.63. The van der Waals surface area contributed by atoms with Gasteiger partial charge in [-0.15, -0.1) is 0 Å². The molecule has 156 valence electrons. The van der Waals surface area contributed by atoms with Crippen LogP contribution in [0.4, 0.5) is 11.4 Å². The number of furan rings is 1. The van der Waals surface area contributed by atoms with Crippen LogP contribution in [0.25, 0.3) is 0 Å². The molecule has 1 aliphatic rings. The summed E-state index contributed by atoms with van der Waals surface area (Å²) in [4.78, 5) is 29.2. The number of carbonyl (C=O) groups is 2. The maximum absolute atomic E-state index is 12.7. The highest BCUT2D eigenvalue weighted by Gasteiger charge is 2.25. The highest BCUT2D eigenvalue weighted by atomic mass is 16.3. The van der Waals surface area contributed by atoms with Crippen LogP contribution in [0.15, 0.2) is 41.0 Å². The lowest BCUT2D eigenvalue weighted by Crippen LogP contribution is -2.40. The van der Waals surface area contributed by atoms with E-state index in [0.717, 1.165) is 24.1 Å². The average Bonchev–Trinajstić information content (AvgIpc) is 3.27. The van der Waals surface area contributed by atoms with E-state index in [1.54, 1.807) is 12.1 Å². The van der Waals surface area contributed by atoms with Crippen molar-refractivity contribution in [1.82, 2.24) is 4.90 Å². The first-order valence-corrected chi connectivity index (χ1v) is 10.4. The Labute approximate surface area is 172 Å². The van der Waals surface area contributed by atoms with Crippen LogP contribution < -0.4 is 10.2 Å². The lowest BCUT2D eigenvalue weighted by atomic mass is 9.93. The number of amides is 2. The van der Waals surface area contributed by atoms with Crippen LogP contribution in [0.1, 0.15) is 61.6 Å². The Hall–Kier alpha value is -2.76.